The maximum Gasteiger partial charge on any atom is 0.336 e. The first kappa shape index (κ1) is 17.8. The third-order valence-corrected chi connectivity index (χ3v) is 6.32. The van der Waals surface area contributed by atoms with Gasteiger partial charge in [0.05, 0.1) is 10.7 Å². The van der Waals surface area contributed by atoms with Crippen molar-refractivity contribution in [2.24, 2.45) is 0 Å². The smallest absolute Gasteiger partial charge is 0.336 e. The molecule has 3 aromatic rings. The van der Waals surface area contributed by atoms with Gasteiger partial charge >= 0.3 is 5.63 Å². The summed E-state index contributed by atoms with van der Waals surface area (Å²) in [5.41, 5.74) is 5.40. The second kappa shape index (κ2) is 7.26. The number of benzene rings is 2. The van der Waals surface area contributed by atoms with Crippen LogP contribution >= 0.6 is 11.6 Å². The lowest BCUT2D eigenvalue weighted by molar-refractivity contribution is 0.250. The van der Waals surface area contributed by atoms with Crippen molar-refractivity contribution in [1.29, 1.82) is 0 Å². The van der Waals surface area contributed by atoms with E-state index in [9.17, 15) is 4.79 Å². The van der Waals surface area contributed by atoms with Gasteiger partial charge in [-0.3, -0.25) is 4.90 Å². The largest absolute Gasteiger partial charge is 0.423 e. The van der Waals surface area contributed by atoms with Crippen molar-refractivity contribution < 1.29 is 4.42 Å². The second-order valence-electron chi connectivity index (χ2n) is 7.78. The van der Waals surface area contributed by atoms with E-state index in [1.807, 2.05) is 18.2 Å². The van der Waals surface area contributed by atoms with Crippen LogP contribution in [0.15, 0.2) is 51.7 Å². The van der Waals surface area contributed by atoms with Gasteiger partial charge in [0.1, 0.15) is 5.58 Å². The molecule has 0 saturated carbocycles. The number of halogens is 1. The van der Waals surface area contributed by atoms with E-state index in [0.717, 1.165) is 72.8 Å². The van der Waals surface area contributed by atoms with E-state index in [4.69, 9.17) is 16.0 Å². The van der Waals surface area contributed by atoms with Crippen molar-refractivity contribution in [2.45, 2.75) is 25.8 Å². The Labute approximate surface area is 169 Å². The van der Waals surface area contributed by atoms with Gasteiger partial charge in [0.2, 0.25) is 0 Å². The van der Waals surface area contributed by atoms with Gasteiger partial charge in [-0.2, -0.15) is 0 Å². The highest BCUT2D eigenvalue weighted by Gasteiger charge is 2.21. The van der Waals surface area contributed by atoms with Gasteiger partial charge in [-0.25, -0.2) is 4.79 Å². The summed E-state index contributed by atoms with van der Waals surface area (Å²) < 4.78 is 5.51. The molecule has 0 spiro atoms. The molecule has 5 rings (SSSR count). The van der Waals surface area contributed by atoms with Crippen LogP contribution in [0.2, 0.25) is 5.02 Å². The summed E-state index contributed by atoms with van der Waals surface area (Å²) in [6, 6.07) is 14.0. The molecule has 1 fully saturated rings. The number of hydrogen-bond donors (Lipinski definition) is 0. The van der Waals surface area contributed by atoms with E-state index >= 15 is 0 Å². The average Bonchev–Trinajstić information content (AvgIpc) is 3.15. The summed E-state index contributed by atoms with van der Waals surface area (Å²) in [6.07, 6.45) is 3.40. The summed E-state index contributed by atoms with van der Waals surface area (Å²) in [7, 11) is 0. The average molecular weight is 395 g/mol. The first-order chi connectivity index (χ1) is 13.7. The lowest BCUT2D eigenvalue weighted by Gasteiger charge is -2.36. The monoisotopic (exact) mass is 394 g/mol. The third kappa shape index (κ3) is 3.31. The van der Waals surface area contributed by atoms with Gasteiger partial charge in [0.25, 0.3) is 0 Å². The summed E-state index contributed by atoms with van der Waals surface area (Å²) in [4.78, 5) is 16.9. The van der Waals surface area contributed by atoms with Crippen LogP contribution in [-0.4, -0.2) is 31.1 Å². The number of para-hydroxylation sites is 1. The molecule has 5 heteroatoms. The number of piperazine rings is 1. The Balaban J connectivity index is 1.36. The van der Waals surface area contributed by atoms with Crippen LogP contribution in [-0.2, 0) is 19.4 Å². The van der Waals surface area contributed by atoms with Gasteiger partial charge in [0, 0.05) is 44.2 Å². The third-order valence-electron chi connectivity index (χ3n) is 6.00. The summed E-state index contributed by atoms with van der Waals surface area (Å²) in [5.74, 6) is 0. The number of fused-ring (bicyclic) bond motifs is 2. The molecule has 2 aliphatic rings. The summed E-state index contributed by atoms with van der Waals surface area (Å²) in [6.45, 7) is 4.52. The molecule has 2 aromatic carbocycles. The molecule has 2 heterocycles. The molecule has 1 aliphatic carbocycles. The van der Waals surface area contributed by atoms with Gasteiger partial charge in [-0.1, -0.05) is 23.7 Å². The Bertz CT molecular complexity index is 1080. The quantitative estimate of drug-likeness (QED) is 0.622. The normalized spacial score (nSPS) is 17.2. The van der Waals surface area contributed by atoms with Crippen LogP contribution in [0.5, 0.6) is 0 Å². The molecule has 4 nitrogen and oxygen atoms in total. The van der Waals surface area contributed by atoms with E-state index in [2.05, 4.69) is 28.0 Å². The highest BCUT2D eigenvalue weighted by atomic mass is 35.5. The van der Waals surface area contributed by atoms with Gasteiger partial charge in [-0.05, 0) is 60.2 Å². The van der Waals surface area contributed by atoms with Crippen LogP contribution in [0, 0.1) is 0 Å². The number of hydrogen-bond acceptors (Lipinski definition) is 4. The number of anilines is 1. The van der Waals surface area contributed by atoms with Crippen LogP contribution < -0.4 is 10.5 Å². The van der Waals surface area contributed by atoms with E-state index in [1.54, 1.807) is 6.07 Å². The molecule has 0 amide bonds. The van der Waals surface area contributed by atoms with Crippen molar-refractivity contribution in [3.05, 3.63) is 74.6 Å². The topological polar surface area (TPSA) is 36.7 Å². The molecule has 0 N–H and O–H groups in total. The first-order valence-corrected chi connectivity index (χ1v) is 10.4. The van der Waals surface area contributed by atoms with Crippen molar-refractivity contribution >= 4 is 28.3 Å². The summed E-state index contributed by atoms with van der Waals surface area (Å²) in [5, 5.41) is 1.89. The number of aryl methyl sites for hydroxylation is 2. The van der Waals surface area contributed by atoms with Crippen molar-refractivity contribution in [3.8, 4) is 0 Å². The minimum atomic E-state index is -0.254. The van der Waals surface area contributed by atoms with E-state index < -0.39 is 0 Å². The van der Waals surface area contributed by atoms with Crippen molar-refractivity contribution in [3.63, 3.8) is 0 Å². The first-order valence-electron chi connectivity index (χ1n) is 9.98. The minimum Gasteiger partial charge on any atom is -0.423 e. The number of rotatable bonds is 3. The zero-order valence-corrected chi connectivity index (χ0v) is 16.5. The maximum atomic E-state index is 12.1. The molecule has 0 bridgehead atoms. The fourth-order valence-electron chi connectivity index (χ4n) is 4.52. The van der Waals surface area contributed by atoms with Crippen molar-refractivity contribution in [1.82, 2.24) is 4.90 Å². The fraction of sp³-hybridized carbons (Fsp3) is 0.348. The van der Waals surface area contributed by atoms with Crippen LogP contribution in [0.1, 0.15) is 23.1 Å². The van der Waals surface area contributed by atoms with Crippen LogP contribution in [0.3, 0.4) is 0 Å². The molecule has 144 valence electrons. The molecule has 0 unspecified atom stereocenters. The Morgan fingerprint density at radius 3 is 2.50 bits per heavy atom. The summed E-state index contributed by atoms with van der Waals surface area (Å²) >= 11 is 6.35. The van der Waals surface area contributed by atoms with Gasteiger partial charge in [0.15, 0.2) is 0 Å². The molecule has 1 saturated heterocycles. The SMILES string of the molecule is O=c1cc(CN2CCN(c3ccccc3Cl)CC2)c2cc3c(cc2o1)CCC3. The Morgan fingerprint density at radius 1 is 0.964 bits per heavy atom. The van der Waals surface area contributed by atoms with E-state index in [0.29, 0.717) is 0 Å². The zero-order chi connectivity index (χ0) is 19.1. The Kier molecular flexibility index (Phi) is 4.61. The molecule has 0 radical (unpaired) electrons. The predicted molar refractivity (Wildman–Crippen MR) is 113 cm³/mol. The van der Waals surface area contributed by atoms with Gasteiger partial charge in [-0.15, -0.1) is 0 Å². The minimum absolute atomic E-state index is 0.254. The number of nitrogens with zero attached hydrogens (tertiary/aromatic N) is 2. The standard InChI is InChI=1S/C23H23ClN2O2/c24-20-6-1-2-7-21(20)26-10-8-25(9-11-26)15-18-14-23(27)28-22-13-17-5-3-4-16(17)12-19(18)22/h1-2,6-7,12-14H,3-5,8-11,15H2. The second-order valence-corrected chi connectivity index (χ2v) is 8.18. The molecule has 1 aliphatic heterocycles. The molecular formula is C23H23ClN2O2. The van der Waals surface area contributed by atoms with Crippen molar-refractivity contribution in [2.75, 3.05) is 31.1 Å². The van der Waals surface area contributed by atoms with E-state index in [-0.39, 0.29) is 5.63 Å². The molecule has 0 atom stereocenters. The lowest BCUT2D eigenvalue weighted by atomic mass is 10.0. The van der Waals surface area contributed by atoms with Crippen LogP contribution in [0.25, 0.3) is 11.0 Å². The lowest BCUT2D eigenvalue weighted by Crippen LogP contribution is -2.46. The molecular weight excluding hydrogens is 372 g/mol. The Hall–Kier alpha value is -2.30. The molecule has 1 aromatic heterocycles. The fourth-order valence-corrected chi connectivity index (χ4v) is 4.78. The zero-order valence-electron chi connectivity index (χ0n) is 15.8. The highest BCUT2D eigenvalue weighted by molar-refractivity contribution is 6.33. The predicted octanol–water partition coefficient (Wildman–Crippen LogP) is 4.26. The highest BCUT2D eigenvalue weighted by Crippen LogP contribution is 2.30. The van der Waals surface area contributed by atoms with Gasteiger partial charge < -0.3 is 9.32 Å². The Morgan fingerprint density at radius 2 is 1.71 bits per heavy atom. The molecule has 28 heavy (non-hydrogen) atoms. The maximum absolute atomic E-state index is 12.1. The van der Waals surface area contributed by atoms with Crippen LogP contribution in [0.4, 0.5) is 5.69 Å². The van der Waals surface area contributed by atoms with E-state index in [1.165, 1.54) is 17.5 Å².